The second kappa shape index (κ2) is 4.52. The minimum atomic E-state index is -4.69. The Labute approximate surface area is 104 Å². The molecule has 0 unspecified atom stereocenters. The molecule has 2 heterocycles. The first kappa shape index (κ1) is 13.3. The van der Waals surface area contributed by atoms with E-state index in [4.69, 9.17) is 0 Å². The van der Waals surface area contributed by atoms with Gasteiger partial charge < -0.3 is 4.74 Å². The quantitative estimate of drug-likeness (QED) is 0.793. The Hall–Kier alpha value is -2.13. The fraction of sp³-hybridized carbons (Fsp3) is 0.556. The van der Waals surface area contributed by atoms with Crippen LogP contribution in [0.15, 0.2) is 0 Å². The lowest BCUT2D eigenvalue weighted by Gasteiger charge is -2.20. The van der Waals surface area contributed by atoms with Crippen molar-refractivity contribution in [2.75, 3.05) is 12.4 Å². The second-order valence-electron chi connectivity index (χ2n) is 3.91. The van der Waals surface area contributed by atoms with Gasteiger partial charge in [-0.15, -0.1) is 5.10 Å². The Balaban J connectivity index is 2.20. The average molecular weight is 278 g/mol. The van der Waals surface area contributed by atoms with Gasteiger partial charge in [0, 0.05) is 0 Å². The summed E-state index contributed by atoms with van der Waals surface area (Å²) >= 11 is 0. The molecule has 1 amide bonds. The fourth-order valence-electron chi connectivity index (χ4n) is 1.63. The maximum absolute atomic E-state index is 12.4. The fourth-order valence-corrected chi connectivity index (χ4v) is 1.63. The van der Waals surface area contributed by atoms with Crippen molar-refractivity contribution in [2.45, 2.75) is 19.1 Å². The van der Waals surface area contributed by atoms with E-state index in [1.54, 1.807) is 0 Å². The molecule has 1 aromatic rings. The van der Waals surface area contributed by atoms with E-state index >= 15 is 0 Å². The van der Waals surface area contributed by atoms with Gasteiger partial charge >= 0.3 is 12.1 Å². The zero-order valence-electron chi connectivity index (χ0n) is 9.69. The van der Waals surface area contributed by atoms with Gasteiger partial charge in [0.05, 0.1) is 26.0 Å². The summed E-state index contributed by atoms with van der Waals surface area (Å²) in [5.41, 5.74) is 0. The predicted octanol–water partition coefficient (Wildman–Crippen LogP) is 0.428. The zero-order chi connectivity index (χ0) is 14.2. The highest BCUT2D eigenvalue weighted by atomic mass is 19.4. The number of hydrogen-bond acceptors (Lipinski definition) is 5. The van der Waals surface area contributed by atoms with Crippen molar-refractivity contribution in [3.05, 3.63) is 5.82 Å². The maximum Gasteiger partial charge on any atom is 0.453 e. The molecule has 1 aromatic heterocycles. The van der Waals surface area contributed by atoms with Crippen LogP contribution in [-0.4, -0.2) is 33.8 Å². The average Bonchev–Trinajstić information content (AvgIpc) is 2.72. The first-order valence-corrected chi connectivity index (χ1v) is 5.21. The predicted molar refractivity (Wildman–Crippen MR) is 53.8 cm³/mol. The highest BCUT2D eigenvalue weighted by Gasteiger charge is 2.39. The van der Waals surface area contributed by atoms with Crippen LogP contribution >= 0.6 is 0 Å². The van der Waals surface area contributed by atoms with E-state index in [9.17, 15) is 22.8 Å². The van der Waals surface area contributed by atoms with Crippen molar-refractivity contribution in [1.29, 1.82) is 0 Å². The molecule has 0 bridgehead atoms. The third-order valence-electron chi connectivity index (χ3n) is 2.57. The van der Waals surface area contributed by atoms with Crippen molar-refractivity contribution in [1.82, 2.24) is 14.8 Å². The first-order chi connectivity index (χ1) is 8.81. The third kappa shape index (κ3) is 2.66. The maximum atomic E-state index is 12.4. The van der Waals surface area contributed by atoms with Crippen molar-refractivity contribution in [2.24, 2.45) is 5.92 Å². The topological polar surface area (TPSA) is 86.1 Å². The van der Waals surface area contributed by atoms with E-state index < -0.39 is 29.8 Å². The monoisotopic (exact) mass is 278 g/mol. The number of alkyl halides is 3. The summed E-state index contributed by atoms with van der Waals surface area (Å²) in [5, 5.41) is 5.43. The molecule has 0 aliphatic carbocycles. The number of methoxy groups -OCH3 is 1. The summed E-state index contributed by atoms with van der Waals surface area (Å²) in [7, 11) is 1.16. The molecule has 0 saturated carbocycles. The normalized spacial score (nSPS) is 18.7. The van der Waals surface area contributed by atoms with Crippen LogP contribution in [0.3, 0.4) is 0 Å². The first-order valence-electron chi connectivity index (χ1n) is 5.21. The van der Waals surface area contributed by atoms with E-state index in [2.05, 4.69) is 20.1 Å². The van der Waals surface area contributed by atoms with Crippen LogP contribution in [0.5, 0.6) is 0 Å². The van der Waals surface area contributed by atoms with E-state index in [1.165, 1.54) is 0 Å². The number of esters is 1. The summed E-state index contributed by atoms with van der Waals surface area (Å²) in [4.78, 5) is 25.8. The Bertz CT molecular complexity index is 525. The van der Waals surface area contributed by atoms with E-state index in [0.717, 1.165) is 11.8 Å². The van der Waals surface area contributed by atoms with Crippen molar-refractivity contribution in [3.8, 4) is 0 Å². The molecule has 10 heteroatoms. The van der Waals surface area contributed by atoms with Gasteiger partial charge in [0.2, 0.25) is 11.9 Å². The summed E-state index contributed by atoms with van der Waals surface area (Å²) in [6.45, 7) is -0.153. The van der Waals surface area contributed by atoms with Gasteiger partial charge in [-0.25, -0.2) is 4.68 Å². The lowest BCUT2D eigenvalue weighted by molar-refractivity contribution is -0.145. The number of aromatic nitrogens is 3. The molecule has 0 aromatic carbocycles. The Morgan fingerprint density at radius 1 is 1.58 bits per heavy atom. The lowest BCUT2D eigenvalue weighted by Crippen LogP contribution is -2.35. The SMILES string of the molecule is COC(=O)C[C@H]1Cn2nc(C(F)(F)F)nc2NC1=O. The number of rotatable bonds is 2. The number of ether oxygens (including phenoxy) is 1. The van der Waals surface area contributed by atoms with Crippen LogP contribution < -0.4 is 5.32 Å². The molecule has 1 N–H and O–H groups in total. The van der Waals surface area contributed by atoms with Crippen LogP contribution in [0.1, 0.15) is 12.2 Å². The van der Waals surface area contributed by atoms with Crippen molar-refractivity contribution < 1.29 is 27.5 Å². The molecular weight excluding hydrogens is 269 g/mol. The molecule has 7 nitrogen and oxygen atoms in total. The van der Waals surface area contributed by atoms with Crippen molar-refractivity contribution in [3.63, 3.8) is 0 Å². The summed E-state index contributed by atoms with van der Waals surface area (Å²) < 4.78 is 42.5. The molecule has 104 valence electrons. The number of anilines is 1. The minimum absolute atomic E-state index is 0.153. The number of halogens is 3. The summed E-state index contributed by atoms with van der Waals surface area (Å²) in [6.07, 6.45) is -4.92. The Morgan fingerprint density at radius 2 is 2.26 bits per heavy atom. The van der Waals surface area contributed by atoms with Gasteiger partial charge in [-0.05, 0) is 0 Å². The Kier molecular flexibility index (Phi) is 3.16. The molecule has 0 saturated heterocycles. The number of nitrogens with one attached hydrogen (secondary N) is 1. The van der Waals surface area contributed by atoms with Gasteiger partial charge in [-0.3, -0.25) is 14.9 Å². The van der Waals surface area contributed by atoms with E-state index in [1.807, 2.05) is 0 Å². The van der Waals surface area contributed by atoms with E-state index in [-0.39, 0.29) is 18.9 Å². The number of nitrogens with zero attached hydrogens (tertiary/aromatic N) is 3. The molecule has 0 radical (unpaired) electrons. The van der Waals surface area contributed by atoms with Gasteiger partial charge in [0.1, 0.15) is 0 Å². The number of carbonyl (C=O) groups excluding carboxylic acids is 2. The van der Waals surface area contributed by atoms with Crippen LogP contribution in [0.25, 0.3) is 0 Å². The van der Waals surface area contributed by atoms with Gasteiger partial charge in [0.15, 0.2) is 0 Å². The molecule has 1 atom stereocenters. The van der Waals surface area contributed by atoms with Crippen LogP contribution in [0, 0.1) is 5.92 Å². The van der Waals surface area contributed by atoms with Crippen LogP contribution in [0.2, 0.25) is 0 Å². The van der Waals surface area contributed by atoms with Gasteiger partial charge in [0.25, 0.3) is 5.82 Å². The molecule has 1 aliphatic heterocycles. The van der Waals surface area contributed by atoms with Gasteiger partial charge in [-0.1, -0.05) is 0 Å². The summed E-state index contributed by atoms with van der Waals surface area (Å²) in [5.74, 6) is -3.65. The number of hydrogen-bond donors (Lipinski definition) is 1. The van der Waals surface area contributed by atoms with Crippen LogP contribution in [-0.2, 0) is 27.0 Å². The molecule has 2 rings (SSSR count). The smallest absolute Gasteiger partial charge is 0.453 e. The molecule has 0 fully saturated rings. The number of amides is 1. The third-order valence-corrected chi connectivity index (χ3v) is 2.57. The minimum Gasteiger partial charge on any atom is -0.469 e. The molecular formula is C9H9F3N4O3. The van der Waals surface area contributed by atoms with Gasteiger partial charge in [-0.2, -0.15) is 18.2 Å². The number of carbonyl (C=O) groups is 2. The number of fused-ring (bicyclic) bond motifs is 1. The largest absolute Gasteiger partial charge is 0.469 e. The highest BCUT2D eigenvalue weighted by molar-refractivity contribution is 5.94. The van der Waals surface area contributed by atoms with Crippen LogP contribution in [0.4, 0.5) is 19.1 Å². The zero-order valence-corrected chi connectivity index (χ0v) is 9.69. The molecule has 0 spiro atoms. The van der Waals surface area contributed by atoms with E-state index in [0.29, 0.717) is 0 Å². The standard InChI is InChI=1S/C9H9F3N4O3/c1-19-5(17)2-4-3-16-8(13-6(4)18)14-7(15-16)9(10,11)12/h4H,2-3H2,1H3,(H,13,14,15,18)/t4-/m0/s1. The summed E-state index contributed by atoms with van der Waals surface area (Å²) in [6, 6.07) is 0. The van der Waals surface area contributed by atoms with Crippen molar-refractivity contribution >= 4 is 17.8 Å². The molecule has 1 aliphatic rings. The lowest BCUT2D eigenvalue weighted by atomic mass is 10.0. The molecule has 19 heavy (non-hydrogen) atoms. The Morgan fingerprint density at radius 3 is 2.84 bits per heavy atom. The highest BCUT2D eigenvalue weighted by Crippen LogP contribution is 2.29. The second-order valence-corrected chi connectivity index (χ2v) is 3.91.